The van der Waals surface area contributed by atoms with Crippen LogP contribution in [0.3, 0.4) is 0 Å². The van der Waals surface area contributed by atoms with Gasteiger partial charge in [0.25, 0.3) is 0 Å². The molecular formula is C14H25N3S. The zero-order valence-electron chi connectivity index (χ0n) is 11.7. The molecule has 18 heavy (non-hydrogen) atoms. The lowest BCUT2D eigenvalue weighted by atomic mass is 10.3. The van der Waals surface area contributed by atoms with Crippen LogP contribution in [-0.2, 0) is 19.5 Å². The second-order valence-corrected chi connectivity index (χ2v) is 6.16. The van der Waals surface area contributed by atoms with Gasteiger partial charge in [-0.25, -0.2) is 4.98 Å². The van der Waals surface area contributed by atoms with E-state index in [2.05, 4.69) is 24.1 Å². The zero-order chi connectivity index (χ0) is 12.8. The fraction of sp³-hybridized carbons (Fsp3) is 0.786. The van der Waals surface area contributed by atoms with Gasteiger partial charge in [0.1, 0.15) is 5.01 Å². The topological polar surface area (TPSA) is 28.2 Å². The smallest absolute Gasteiger partial charge is 0.107 e. The first-order valence-corrected chi connectivity index (χ1v) is 8.05. The van der Waals surface area contributed by atoms with Gasteiger partial charge >= 0.3 is 0 Å². The molecule has 3 nitrogen and oxygen atoms in total. The van der Waals surface area contributed by atoms with Gasteiger partial charge in [0.2, 0.25) is 0 Å². The van der Waals surface area contributed by atoms with Gasteiger partial charge in [0.15, 0.2) is 0 Å². The summed E-state index contributed by atoms with van der Waals surface area (Å²) in [6.45, 7) is 10.1. The molecule has 2 rings (SSSR count). The van der Waals surface area contributed by atoms with Gasteiger partial charge in [-0.3, -0.25) is 4.90 Å². The normalized spacial score (nSPS) is 16.6. The Kier molecular flexibility index (Phi) is 5.60. The van der Waals surface area contributed by atoms with E-state index in [1.807, 2.05) is 11.3 Å². The lowest BCUT2D eigenvalue weighted by molar-refractivity contribution is 0.330. The van der Waals surface area contributed by atoms with E-state index in [4.69, 9.17) is 4.98 Å². The maximum atomic E-state index is 4.81. The van der Waals surface area contributed by atoms with Crippen molar-refractivity contribution in [2.75, 3.05) is 19.6 Å². The van der Waals surface area contributed by atoms with E-state index in [1.165, 1.54) is 47.9 Å². The fourth-order valence-corrected chi connectivity index (χ4v) is 3.60. The summed E-state index contributed by atoms with van der Waals surface area (Å²) in [5, 5.41) is 4.80. The molecule has 1 N–H and O–H groups in total. The number of thiazole rings is 1. The highest BCUT2D eigenvalue weighted by Gasteiger charge is 2.15. The standard InChI is InChI=1S/C14H25N3S/c1-3-7-15-10-13-12(4-2)16-14(18-13)11-17-8-5-6-9-17/h15H,3-11H2,1-2H3. The van der Waals surface area contributed by atoms with Crippen molar-refractivity contribution < 1.29 is 0 Å². The molecule has 0 aromatic carbocycles. The van der Waals surface area contributed by atoms with Crippen LogP contribution in [0.1, 0.15) is 48.7 Å². The number of hydrogen-bond donors (Lipinski definition) is 1. The van der Waals surface area contributed by atoms with Crippen LogP contribution in [0.2, 0.25) is 0 Å². The summed E-state index contributed by atoms with van der Waals surface area (Å²) in [7, 11) is 0. The van der Waals surface area contributed by atoms with E-state index in [9.17, 15) is 0 Å². The maximum Gasteiger partial charge on any atom is 0.107 e. The molecule has 0 amide bonds. The molecule has 0 atom stereocenters. The Labute approximate surface area is 115 Å². The lowest BCUT2D eigenvalue weighted by Gasteiger charge is -2.11. The molecule has 0 unspecified atom stereocenters. The number of nitrogens with zero attached hydrogens (tertiary/aromatic N) is 2. The second kappa shape index (κ2) is 7.22. The highest BCUT2D eigenvalue weighted by molar-refractivity contribution is 7.11. The summed E-state index contributed by atoms with van der Waals surface area (Å²) in [4.78, 5) is 8.78. The molecule has 102 valence electrons. The summed E-state index contributed by atoms with van der Waals surface area (Å²) >= 11 is 1.91. The summed E-state index contributed by atoms with van der Waals surface area (Å²) in [6.07, 6.45) is 4.97. The number of aryl methyl sites for hydroxylation is 1. The van der Waals surface area contributed by atoms with Crippen molar-refractivity contribution in [3.05, 3.63) is 15.6 Å². The highest BCUT2D eigenvalue weighted by atomic mass is 32.1. The lowest BCUT2D eigenvalue weighted by Crippen LogP contribution is -2.18. The molecule has 1 aliphatic rings. The van der Waals surface area contributed by atoms with Crippen molar-refractivity contribution in [3.8, 4) is 0 Å². The zero-order valence-corrected chi connectivity index (χ0v) is 12.5. The molecule has 1 aromatic heterocycles. The van der Waals surface area contributed by atoms with Crippen LogP contribution in [0.25, 0.3) is 0 Å². The first kappa shape index (κ1) is 14.0. The van der Waals surface area contributed by atoms with Crippen LogP contribution < -0.4 is 5.32 Å². The molecule has 0 bridgehead atoms. The molecule has 1 saturated heterocycles. The van der Waals surface area contributed by atoms with E-state index in [1.54, 1.807) is 0 Å². The van der Waals surface area contributed by atoms with Crippen LogP contribution in [0.4, 0.5) is 0 Å². The molecule has 1 aliphatic heterocycles. The summed E-state index contributed by atoms with van der Waals surface area (Å²) < 4.78 is 0. The first-order chi connectivity index (χ1) is 8.83. The Morgan fingerprint density at radius 2 is 2.06 bits per heavy atom. The average molecular weight is 267 g/mol. The average Bonchev–Trinajstić information content (AvgIpc) is 3.00. The van der Waals surface area contributed by atoms with Gasteiger partial charge < -0.3 is 5.32 Å². The predicted octanol–water partition coefficient (Wildman–Crippen LogP) is 2.80. The third-order valence-corrected chi connectivity index (χ3v) is 4.51. The first-order valence-electron chi connectivity index (χ1n) is 7.24. The molecule has 4 heteroatoms. The Morgan fingerprint density at radius 1 is 1.28 bits per heavy atom. The number of likely N-dealkylation sites (tertiary alicyclic amines) is 1. The largest absolute Gasteiger partial charge is 0.312 e. The summed E-state index contributed by atoms with van der Waals surface area (Å²) in [5.74, 6) is 0. The van der Waals surface area contributed by atoms with Crippen molar-refractivity contribution in [1.29, 1.82) is 0 Å². The maximum absolute atomic E-state index is 4.81. The van der Waals surface area contributed by atoms with Crippen molar-refractivity contribution >= 4 is 11.3 Å². The fourth-order valence-electron chi connectivity index (χ4n) is 2.43. The molecule has 0 aliphatic carbocycles. The number of aromatic nitrogens is 1. The van der Waals surface area contributed by atoms with E-state index < -0.39 is 0 Å². The van der Waals surface area contributed by atoms with Crippen molar-refractivity contribution in [1.82, 2.24) is 15.2 Å². The third kappa shape index (κ3) is 3.77. The molecular weight excluding hydrogens is 242 g/mol. The Balaban J connectivity index is 1.94. The minimum absolute atomic E-state index is 0.995. The second-order valence-electron chi connectivity index (χ2n) is 4.99. The van der Waals surface area contributed by atoms with Crippen molar-refractivity contribution in [3.63, 3.8) is 0 Å². The van der Waals surface area contributed by atoms with E-state index in [0.29, 0.717) is 0 Å². The molecule has 0 saturated carbocycles. The van der Waals surface area contributed by atoms with Crippen LogP contribution in [0, 0.1) is 0 Å². The Hall–Kier alpha value is -0.450. The third-order valence-electron chi connectivity index (χ3n) is 3.43. The highest BCUT2D eigenvalue weighted by Crippen LogP contribution is 2.22. The van der Waals surface area contributed by atoms with Crippen LogP contribution in [-0.4, -0.2) is 29.5 Å². The monoisotopic (exact) mass is 267 g/mol. The van der Waals surface area contributed by atoms with E-state index in [0.717, 1.165) is 26.1 Å². The SMILES string of the molecule is CCCNCc1sc(CN2CCCC2)nc1CC. The Bertz CT molecular complexity index is 356. The van der Waals surface area contributed by atoms with Gasteiger partial charge in [0, 0.05) is 11.4 Å². The molecule has 1 aromatic rings. The molecule has 1 fully saturated rings. The van der Waals surface area contributed by atoms with Gasteiger partial charge in [-0.2, -0.15) is 0 Å². The van der Waals surface area contributed by atoms with E-state index in [-0.39, 0.29) is 0 Å². The van der Waals surface area contributed by atoms with Gasteiger partial charge in [-0.15, -0.1) is 11.3 Å². The Morgan fingerprint density at radius 3 is 2.72 bits per heavy atom. The minimum Gasteiger partial charge on any atom is -0.312 e. The van der Waals surface area contributed by atoms with Gasteiger partial charge in [0.05, 0.1) is 12.2 Å². The van der Waals surface area contributed by atoms with Crippen molar-refractivity contribution in [2.45, 2.75) is 52.6 Å². The van der Waals surface area contributed by atoms with E-state index >= 15 is 0 Å². The van der Waals surface area contributed by atoms with Crippen LogP contribution >= 0.6 is 11.3 Å². The van der Waals surface area contributed by atoms with Gasteiger partial charge in [-0.1, -0.05) is 13.8 Å². The number of hydrogen-bond acceptors (Lipinski definition) is 4. The van der Waals surface area contributed by atoms with Crippen molar-refractivity contribution in [2.24, 2.45) is 0 Å². The summed E-state index contributed by atoms with van der Waals surface area (Å²) in [6, 6.07) is 0. The minimum atomic E-state index is 0.995. The van der Waals surface area contributed by atoms with Crippen LogP contribution in [0.15, 0.2) is 0 Å². The predicted molar refractivity (Wildman–Crippen MR) is 78.0 cm³/mol. The molecule has 0 radical (unpaired) electrons. The van der Waals surface area contributed by atoms with Gasteiger partial charge in [-0.05, 0) is 45.3 Å². The molecule has 2 heterocycles. The summed E-state index contributed by atoms with van der Waals surface area (Å²) in [5.41, 5.74) is 1.30. The molecule has 0 spiro atoms. The number of nitrogens with one attached hydrogen (secondary N) is 1. The number of rotatable bonds is 7. The van der Waals surface area contributed by atoms with Crippen LogP contribution in [0.5, 0.6) is 0 Å². The quantitative estimate of drug-likeness (QED) is 0.770.